The monoisotopic (exact) mass is 267 g/mol. The summed E-state index contributed by atoms with van der Waals surface area (Å²) in [7, 11) is 0. The van der Waals surface area contributed by atoms with Gasteiger partial charge in [-0.3, -0.25) is 9.59 Å². The highest BCUT2D eigenvalue weighted by atomic mass is 16.6. The van der Waals surface area contributed by atoms with Gasteiger partial charge in [-0.25, -0.2) is 0 Å². The third-order valence-corrected chi connectivity index (χ3v) is 4.42. The average molecular weight is 267 g/mol. The number of hydrogen-bond acceptors (Lipinski definition) is 3. The molecule has 1 unspecified atom stereocenters. The fourth-order valence-electron chi connectivity index (χ4n) is 3.33. The van der Waals surface area contributed by atoms with Crippen molar-refractivity contribution in [1.82, 2.24) is 5.32 Å². The van der Waals surface area contributed by atoms with Gasteiger partial charge in [0.25, 0.3) is 0 Å². The SMILES string of the molecule is CCCCCCNC(=O)C1CC(=O)OC12CCCC2. The van der Waals surface area contributed by atoms with Crippen LogP contribution < -0.4 is 5.32 Å². The van der Waals surface area contributed by atoms with Crippen LogP contribution in [-0.4, -0.2) is 24.0 Å². The molecule has 108 valence electrons. The number of unbranched alkanes of at least 4 members (excludes halogenated alkanes) is 3. The molecule has 2 rings (SSSR count). The number of esters is 1. The Hall–Kier alpha value is -1.06. The first-order chi connectivity index (χ1) is 9.18. The number of carbonyl (C=O) groups excluding carboxylic acids is 2. The van der Waals surface area contributed by atoms with Crippen LogP contribution in [0, 0.1) is 5.92 Å². The van der Waals surface area contributed by atoms with E-state index in [0.29, 0.717) is 0 Å². The third kappa shape index (κ3) is 3.28. The van der Waals surface area contributed by atoms with Crippen LogP contribution in [0.5, 0.6) is 0 Å². The highest BCUT2D eigenvalue weighted by Crippen LogP contribution is 2.45. The minimum absolute atomic E-state index is 0.0178. The van der Waals surface area contributed by atoms with Crippen molar-refractivity contribution in [2.45, 2.75) is 70.3 Å². The van der Waals surface area contributed by atoms with E-state index in [4.69, 9.17) is 4.74 Å². The second-order valence-electron chi connectivity index (χ2n) is 5.85. The highest BCUT2D eigenvalue weighted by molar-refractivity contribution is 5.87. The predicted octanol–water partition coefficient (Wildman–Crippen LogP) is 2.56. The van der Waals surface area contributed by atoms with Gasteiger partial charge in [0.2, 0.25) is 5.91 Å². The van der Waals surface area contributed by atoms with Gasteiger partial charge in [-0.2, -0.15) is 0 Å². The molecular formula is C15H25NO3. The van der Waals surface area contributed by atoms with E-state index in [9.17, 15) is 9.59 Å². The molecule has 4 nitrogen and oxygen atoms in total. The Balaban J connectivity index is 1.82. The van der Waals surface area contributed by atoms with Gasteiger partial charge in [-0.15, -0.1) is 0 Å². The van der Waals surface area contributed by atoms with E-state index >= 15 is 0 Å². The molecule has 1 aliphatic carbocycles. The quantitative estimate of drug-likeness (QED) is 0.594. The maximum atomic E-state index is 12.2. The molecule has 0 aromatic rings. The first-order valence-electron chi connectivity index (χ1n) is 7.67. The van der Waals surface area contributed by atoms with E-state index in [1.165, 1.54) is 12.8 Å². The lowest BCUT2D eigenvalue weighted by molar-refractivity contribution is -0.149. The molecule has 1 N–H and O–H groups in total. The summed E-state index contributed by atoms with van der Waals surface area (Å²) < 4.78 is 5.49. The number of ether oxygens (including phenoxy) is 1. The standard InChI is InChI=1S/C15H25NO3/c1-2-3-4-7-10-16-14(18)12-11-13(17)19-15(12)8-5-6-9-15/h12H,2-11H2,1H3,(H,16,18). The predicted molar refractivity (Wildman–Crippen MR) is 72.5 cm³/mol. The van der Waals surface area contributed by atoms with Gasteiger partial charge in [0.1, 0.15) is 5.60 Å². The summed E-state index contributed by atoms with van der Waals surface area (Å²) in [6.45, 7) is 2.89. The second-order valence-corrected chi connectivity index (χ2v) is 5.85. The van der Waals surface area contributed by atoms with E-state index in [0.717, 1.165) is 45.1 Å². The molecule has 1 atom stereocenters. The van der Waals surface area contributed by atoms with Crippen molar-refractivity contribution in [1.29, 1.82) is 0 Å². The molecular weight excluding hydrogens is 242 g/mol. The van der Waals surface area contributed by atoms with Crippen molar-refractivity contribution in [3.8, 4) is 0 Å². The van der Waals surface area contributed by atoms with Crippen molar-refractivity contribution < 1.29 is 14.3 Å². The topological polar surface area (TPSA) is 55.4 Å². The Kier molecular flexibility index (Phi) is 4.83. The van der Waals surface area contributed by atoms with E-state index < -0.39 is 5.60 Å². The molecule has 0 radical (unpaired) electrons. The van der Waals surface area contributed by atoms with E-state index in [1.807, 2.05) is 0 Å². The highest BCUT2D eigenvalue weighted by Gasteiger charge is 2.53. The summed E-state index contributed by atoms with van der Waals surface area (Å²) in [6.07, 6.45) is 8.68. The summed E-state index contributed by atoms with van der Waals surface area (Å²) in [4.78, 5) is 23.8. The van der Waals surface area contributed by atoms with E-state index in [1.54, 1.807) is 0 Å². The third-order valence-electron chi connectivity index (χ3n) is 4.42. The molecule has 1 aliphatic heterocycles. The van der Waals surface area contributed by atoms with Crippen LogP contribution in [-0.2, 0) is 14.3 Å². The summed E-state index contributed by atoms with van der Waals surface area (Å²) in [5.41, 5.74) is -0.468. The molecule has 1 heterocycles. The molecule has 1 saturated heterocycles. The summed E-state index contributed by atoms with van der Waals surface area (Å²) >= 11 is 0. The van der Waals surface area contributed by atoms with Crippen LogP contribution in [0.4, 0.5) is 0 Å². The number of hydrogen-bond donors (Lipinski definition) is 1. The molecule has 0 bridgehead atoms. The summed E-state index contributed by atoms with van der Waals surface area (Å²) in [5.74, 6) is -0.439. The zero-order valence-electron chi connectivity index (χ0n) is 11.9. The minimum atomic E-state index is -0.468. The van der Waals surface area contributed by atoms with Gasteiger partial charge >= 0.3 is 5.97 Å². The molecule has 1 saturated carbocycles. The first kappa shape index (κ1) is 14.4. The van der Waals surface area contributed by atoms with Gasteiger partial charge in [0.05, 0.1) is 12.3 Å². The zero-order chi connectivity index (χ0) is 13.7. The Bertz CT molecular complexity index is 334. The Labute approximate surface area is 115 Å². The van der Waals surface area contributed by atoms with Gasteiger partial charge in [0, 0.05) is 6.54 Å². The number of rotatable bonds is 6. The number of carbonyl (C=O) groups is 2. The fourth-order valence-corrected chi connectivity index (χ4v) is 3.33. The Morgan fingerprint density at radius 1 is 1.32 bits per heavy atom. The van der Waals surface area contributed by atoms with Crippen LogP contribution in [0.15, 0.2) is 0 Å². The smallest absolute Gasteiger partial charge is 0.307 e. The fraction of sp³-hybridized carbons (Fsp3) is 0.867. The van der Waals surface area contributed by atoms with Crippen molar-refractivity contribution in [3.63, 3.8) is 0 Å². The summed E-state index contributed by atoms with van der Waals surface area (Å²) in [6, 6.07) is 0. The van der Waals surface area contributed by atoms with Crippen LogP contribution in [0.1, 0.15) is 64.7 Å². The second kappa shape index (κ2) is 6.40. The lowest BCUT2D eigenvalue weighted by Crippen LogP contribution is -2.42. The molecule has 4 heteroatoms. The maximum Gasteiger partial charge on any atom is 0.307 e. The van der Waals surface area contributed by atoms with Crippen molar-refractivity contribution in [2.75, 3.05) is 6.54 Å². The molecule has 2 fully saturated rings. The molecule has 1 spiro atoms. The minimum Gasteiger partial charge on any atom is -0.458 e. The Morgan fingerprint density at radius 2 is 2.05 bits per heavy atom. The van der Waals surface area contributed by atoms with Gasteiger partial charge in [-0.1, -0.05) is 26.2 Å². The van der Waals surface area contributed by atoms with Crippen molar-refractivity contribution in [3.05, 3.63) is 0 Å². The van der Waals surface area contributed by atoms with E-state index in [2.05, 4.69) is 12.2 Å². The normalized spacial score (nSPS) is 24.7. The lowest BCUT2D eigenvalue weighted by atomic mass is 9.85. The lowest BCUT2D eigenvalue weighted by Gasteiger charge is -2.27. The zero-order valence-corrected chi connectivity index (χ0v) is 11.9. The maximum absolute atomic E-state index is 12.2. The Morgan fingerprint density at radius 3 is 2.74 bits per heavy atom. The molecule has 0 aromatic heterocycles. The van der Waals surface area contributed by atoms with Crippen LogP contribution in [0.25, 0.3) is 0 Å². The van der Waals surface area contributed by atoms with Crippen LogP contribution in [0.3, 0.4) is 0 Å². The average Bonchev–Trinajstić information content (AvgIpc) is 2.97. The van der Waals surface area contributed by atoms with Gasteiger partial charge in [-0.05, 0) is 32.1 Å². The van der Waals surface area contributed by atoms with Gasteiger partial charge in [0.15, 0.2) is 0 Å². The molecule has 0 aromatic carbocycles. The van der Waals surface area contributed by atoms with Gasteiger partial charge < -0.3 is 10.1 Å². The largest absolute Gasteiger partial charge is 0.458 e. The molecule has 2 aliphatic rings. The summed E-state index contributed by atoms with van der Waals surface area (Å²) in [5, 5.41) is 2.98. The molecule has 19 heavy (non-hydrogen) atoms. The van der Waals surface area contributed by atoms with E-state index in [-0.39, 0.29) is 24.2 Å². The van der Waals surface area contributed by atoms with Crippen molar-refractivity contribution >= 4 is 11.9 Å². The first-order valence-corrected chi connectivity index (χ1v) is 7.67. The van der Waals surface area contributed by atoms with Crippen LogP contribution >= 0.6 is 0 Å². The number of nitrogens with one attached hydrogen (secondary N) is 1. The molecule has 1 amide bonds. The van der Waals surface area contributed by atoms with Crippen LogP contribution in [0.2, 0.25) is 0 Å². The number of amides is 1. The van der Waals surface area contributed by atoms with Crippen molar-refractivity contribution in [2.24, 2.45) is 5.92 Å².